The highest BCUT2D eigenvalue weighted by atomic mass is 127. The maximum absolute atomic E-state index is 12.7. The number of amides is 1. The minimum Gasteiger partial charge on any atom is -0.338 e. The molecule has 0 radical (unpaired) electrons. The van der Waals surface area contributed by atoms with Gasteiger partial charge in [-0.1, -0.05) is 32.0 Å². The normalized spacial score (nSPS) is 18.7. The van der Waals surface area contributed by atoms with E-state index in [0.29, 0.717) is 5.91 Å². The lowest BCUT2D eigenvalue weighted by molar-refractivity contribution is -0.147. The fourth-order valence-electron chi connectivity index (χ4n) is 3.04. The number of likely N-dealkylation sites (tertiary alicyclic amines) is 1. The van der Waals surface area contributed by atoms with Crippen molar-refractivity contribution in [2.75, 3.05) is 6.54 Å². The Hall–Kier alpha value is -0.580. The van der Waals surface area contributed by atoms with Gasteiger partial charge in [-0.15, -0.1) is 0 Å². The van der Waals surface area contributed by atoms with Gasteiger partial charge in [0.1, 0.15) is 0 Å². The SMILES string of the molecule is CCC1(CC)CCCN(Cc2ccccc2I)C1=O. The van der Waals surface area contributed by atoms with E-state index in [2.05, 4.69) is 59.5 Å². The van der Waals surface area contributed by atoms with E-state index in [1.807, 2.05) is 6.07 Å². The monoisotopic (exact) mass is 371 g/mol. The van der Waals surface area contributed by atoms with E-state index in [1.165, 1.54) is 9.13 Å². The molecular weight excluding hydrogens is 349 g/mol. The van der Waals surface area contributed by atoms with Crippen molar-refractivity contribution in [3.8, 4) is 0 Å². The number of nitrogens with zero attached hydrogens (tertiary/aromatic N) is 1. The van der Waals surface area contributed by atoms with Gasteiger partial charge in [-0.3, -0.25) is 4.79 Å². The van der Waals surface area contributed by atoms with Crippen molar-refractivity contribution in [3.63, 3.8) is 0 Å². The standard InChI is InChI=1S/C16H22INO/c1-3-16(4-2)10-7-11-18(15(16)19)12-13-8-5-6-9-14(13)17/h5-6,8-9H,3-4,7,10-12H2,1-2H3. The van der Waals surface area contributed by atoms with E-state index in [9.17, 15) is 4.79 Å². The van der Waals surface area contributed by atoms with Gasteiger partial charge < -0.3 is 4.90 Å². The maximum Gasteiger partial charge on any atom is 0.229 e. The lowest BCUT2D eigenvalue weighted by Crippen LogP contribution is -2.47. The molecule has 2 rings (SSSR count). The Morgan fingerprint density at radius 3 is 2.58 bits per heavy atom. The largest absolute Gasteiger partial charge is 0.338 e. The summed E-state index contributed by atoms with van der Waals surface area (Å²) in [6, 6.07) is 8.34. The Balaban J connectivity index is 2.17. The van der Waals surface area contributed by atoms with E-state index in [0.717, 1.165) is 38.8 Å². The molecule has 2 nitrogen and oxygen atoms in total. The van der Waals surface area contributed by atoms with Crippen LogP contribution in [0.4, 0.5) is 0 Å². The average molecular weight is 371 g/mol. The zero-order chi connectivity index (χ0) is 13.9. The van der Waals surface area contributed by atoms with Gasteiger partial charge in [0.25, 0.3) is 0 Å². The minimum atomic E-state index is -0.0987. The van der Waals surface area contributed by atoms with E-state index < -0.39 is 0 Å². The van der Waals surface area contributed by atoms with Crippen LogP contribution in [0.2, 0.25) is 0 Å². The van der Waals surface area contributed by atoms with Crippen LogP contribution in [0.25, 0.3) is 0 Å². The molecular formula is C16H22INO. The quantitative estimate of drug-likeness (QED) is 0.726. The van der Waals surface area contributed by atoms with Crippen LogP contribution in [0.5, 0.6) is 0 Å². The smallest absolute Gasteiger partial charge is 0.229 e. The number of carbonyl (C=O) groups excluding carboxylic acids is 1. The van der Waals surface area contributed by atoms with E-state index >= 15 is 0 Å². The maximum atomic E-state index is 12.7. The van der Waals surface area contributed by atoms with Crippen molar-refractivity contribution in [2.45, 2.75) is 46.1 Å². The third kappa shape index (κ3) is 2.96. The molecule has 0 aromatic heterocycles. The van der Waals surface area contributed by atoms with Crippen LogP contribution >= 0.6 is 22.6 Å². The Morgan fingerprint density at radius 2 is 1.95 bits per heavy atom. The second-order valence-corrected chi connectivity index (χ2v) is 6.57. The van der Waals surface area contributed by atoms with Gasteiger partial charge in [-0.05, 0) is 59.9 Å². The Kier molecular flexibility index (Phi) is 4.87. The molecule has 0 atom stereocenters. The van der Waals surface area contributed by atoms with Crippen molar-refractivity contribution in [1.82, 2.24) is 4.90 Å². The highest BCUT2D eigenvalue weighted by Crippen LogP contribution is 2.38. The Bertz CT molecular complexity index is 454. The number of halogens is 1. The molecule has 1 aromatic rings. The second kappa shape index (κ2) is 6.25. The van der Waals surface area contributed by atoms with Gasteiger partial charge in [0.05, 0.1) is 0 Å². The van der Waals surface area contributed by atoms with Gasteiger partial charge >= 0.3 is 0 Å². The molecule has 0 aliphatic carbocycles. The topological polar surface area (TPSA) is 20.3 Å². The first-order chi connectivity index (χ1) is 9.13. The summed E-state index contributed by atoms with van der Waals surface area (Å²) >= 11 is 2.35. The van der Waals surface area contributed by atoms with Crippen molar-refractivity contribution >= 4 is 28.5 Å². The highest BCUT2D eigenvalue weighted by Gasteiger charge is 2.40. The molecule has 0 spiro atoms. The zero-order valence-electron chi connectivity index (χ0n) is 11.8. The molecule has 19 heavy (non-hydrogen) atoms. The van der Waals surface area contributed by atoms with Crippen LogP contribution in [0.1, 0.15) is 45.1 Å². The number of carbonyl (C=O) groups is 1. The molecule has 1 saturated heterocycles. The molecule has 0 N–H and O–H groups in total. The number of hydrogen-bond donors (Lipinski definition) is 0. The lowest BCUT2D eigenvalue weighted by atomic mass is 9.74. The molecule has 1 aliphatic heterocycles. The number of rotatable bonds is 4. The fraction of sp³-hybridized carbons (Fsp3) is 0.562. The molecule has 0 unspecified atom stereocenters. The Morgan fingerprint density at radius 1 is 1.26 bits per heavy atom. The second-order valence-electron chi connectivity index (χ2n) is 5.41. The predicted molar refractivity (Wildman–Crippen MR) is 86.8 cm³/mol. The van der Waals surface area contributed by atoms with Gasteiger partial charge in [-0.25, -0.2) is 0 Å². The molecule has 1 amide bonds. The molecule has 1 fully saturated rings. The van der Waals surface area contributed by atoms with Crippen LogP contribution in [0.15, 0.2) is 24.3 Å². The summed E-state index contributed by atoms with van der Waals surface area (Å²) in [5.74, 6) is 0.364. The summed E-state index contributed by atoms with van der Waals surface area (Å²) < 4.78 is 1.25. The molecule has 1 aromatic carbocycles. The number of piperidine rings is 1. The van der Waals surface area contributed by atoms with Crippen molar-refractivity contribution < 1.29 is 4.79 Å². The summed E-state index contributed by atoms with van der Waals surface area (Å²) in [5, 5.41) is 0. The van der Waals surface area contributed by atoms with Gasteiger partial charge in [0.15, 0.2) is 0 Å². The molecule has 0 saturated carbocycles. The molecule has 1 heterocycles. The molecule has 0 bridgehead atoms. The van der Waals surface area contributed by atoms with Gasteiger partial charge in [0, 0.05) is 22.1 Å². The summed E-state index contributed by atoms with van der Waals surface area (Å²) in [6.07, 6.45) is 4.12. The zero-order valence-corrected chi connectivity index (χ0v) is 13.9. The first-order valence-electron chi connectivity index (χ1n) is 7.15. The van der Waals surface area contributed by atoms with Crippen molar-refractivity contribution in [1.29, 1.82) is 0 Å². The van der Waals surface area contributed by atoms with E-state index in [4.69, 9.17) is 0 Å². The molecule has 104 valence electrons. The van der Waals surface area contributed by atoms with Crippen LogP contribution in [-0.4, -0.2) is 17.4 Å². The lowest BCUT2D eigenvalue weighted by Gasteiger charge is -2.41. The van der Waals surface area contributed by atoms with Crippen LogP contribution < -0.4 is 0 Å². The van der Waals surface area contributed by atoms with Crippen LogP contribution in [0, 0.1) is 8.99 Å². The average Bonchev–Trinajstić information content (AvgIpc) is 2.44. The summed E-state index contributed by atoms with van der Waals surface area (Å²) in [4.78, 5) is 14.8. The third-order valence-electron chi connectivity index (χ3n) is 4.50. The minimum absolute atomic E-state index is 0.0987. The predicted octanol–water partition coefficient (Wildman–Crippen LogP) is 4.22. The Labute approximate surface area is 129 Å². The summed E-state index contributed by atoms with van der Waals surface area (Å²) in [6.45, 7) is 5.97. The first kappa shape index (κ1) is 14.8. The highest BCUT2D eigenvalue weighted by molar-refractivity contribution is 14.1. The third-order valence-corrected chi connectivity index (χ3v) is 5.55. The molecule has 1 aliphatic rings. The summed E-state index contributed by atoms with van der Waals surface area (Å²) in [7, 11) is 0. The van der Waals surface area contributed by atoms with E-state index in [-0.39, 0.29) is 5.41 Å². The van der Waals surface area contributed by atoms with Gasteiger partial charge in [-0.2, -0.15) is 0 Å². The summed E-state index contributed by atoms with van der Waals surface area (Å²) in [5.41, 5.74) is 1.16. The number of benzene rings is 1. The van der Waals surface area contributed by atoms with Crippen molar-refractivity contribution in [3.05, 3.63) is 33.4 Å². The van der Waals surface area contributed by atoms with Crippen LogP contribution in [0.3, 0.4) is 0 Å². The van der Waals surface area contributed by atoms with Gasteiger partial charge in [0.2, 0.25) is 5.91 Å². The molecule has 3 heteroatoms. The first-order valence-corrected chi connectivity index (χ1v) is 8.23. The van der Waals surface area contributed by atoms with E-state index in [1.54, 1.807) is 0 Å². The van der Waals surface area contributed by atoms with Crippen LogP contribution in [-0.2, 0) is 11.3 Å². The fourth-order valence-corrected chi connectivity index (χ4v) is 3.60. The van der Waals surface area contributed by atoms with Crippen molar-refractivity contribution in [2.24, 2.45) is 5.41 Å². The number of hydrogen-bond acceptors (Lipinski definition) is 1.